The molecule has 0 unspecified atom stereocenters. The number of carbonyl (C=O) groups is 1. The normalized spacial score (nSPS) is 18.1. The van der Waals surface area contributed by atoms with E-state index < -0.39 is 5.60 Å². The van der Waals surface area contributed by atoms with Gasteiger partial charge in [-0.05, 0) is 51.3 Å². The number of benzene rings is 1. The molecule has 122 valence electrons. The lowest BCUT2D eigenvalue weighted by Crippen LogP contribution is -2.47. The van der Waals surface area contributed by atoms with E-state index in [0.29, 0.717) is 13.1 Å². The van der Waals surface area contributed by atoms with Crippen LogP contribution >= 0.6 is 15.9 Å². The van der Waals surface area contributed by atoms with E-state index in [2.05, 4.69) is 28.1 Å². The van der Waals surface area contributed by atoms with Crippen molar-refractivity contribution in [2.45, 2.75) is 44.8 Å². The standard InChI is InChI=1S/C17H24BrNO3/c1-16(2,3)22-15(20)19-11-9-17(21-4,10-12-19)13-5-7-14(18)8-6-13/h5-8H,9-12H2,1-4H3. The zero-order chi connectivity index (χ0) is 16.4. The van der Waals surface area contributed by atoms with Crippen LogP contribution in [-0.2, 0) is 15.1 Å². The predicted molar refractivity (Wildman–Crippen MR) is 89.9 cm³/mol. The Balaban J connectivity index is 2.05. The van der Waals surface area contributed by atoms with Crippen LogP contribution in [0.1, 0.15) is 39.2 Å². The van der Waals surface area contributed by atoms with Gasteiger partial charge >= 0.3 is 6.09 Å². The van der Waals surface area contributed by atoms with E-state index in [9.17, 15) is 4.79 Å². The van der Waals surface area contributed by atoms with Gasteiger partial charge in [0, 0.05) is 24.7 Å². The molecule has 0 atom stereocenters. The van der Waals surface area contributed by atoms with Crippen LogP contribution in [0.15, 0.2) is 28.7 Å². The first-order valence-electron chi connectivity index (χ1n) is 7.55. The molecular weight excluding hydrogens is 346 g/mol. The highest BCUT2D eigenvalue weighted by atomic mass is 79.9. The molecule has 0 saturated carbocycles. The number of halogens is 1. The van der Waals surface area contributed by atoms with E-state index in [0.717, 1.165) is 22.9 Å². The monoisotopic (exact) mass is 369 g/mol. The van der Waals surface area contributed by atoms with Crippen molar-refractivity contribution in [3.63, 3.8) is 0 Å². The molecule has 1 aliphatic heterocycles. The van der Waals surface area contributed by atoms with Gasteiger partial charge in [0.15, 0.2) is 0 Å². The number of ether oxygens (including phenoxy) is 2. The van der Waals surface area contributed by atoms with E-state index in [1.807, 2.05) is 32.9 Å². The number of amides is 1. The minimum Gasteiger partial charge on any atom is -0.444 e. The number of nitrogens with zero attached hydrogens (tertiary/aromatic N) is 1. The Kier molecular flexibility index (Phi) is 5.17. The first-order chi connectivity index (χ1) is 10.3. The highest BCUT2D eigenvalue weighted by Gasteiger charge is 2.38. The van der Waals surface area contributed by atoms with Crippen LogP contribution in [0.2, 0.25) is 0 Å². The fourth-order valence-corrected chi connectivity index (χ4v) is 3.01. The van der Waals surface area contributed by atoms with Gasteiger partial charge in [0.05, 0.1) is 5.60 Å². The maximum absolute atomic E-state index is 12.2. The van der Waals surface area contributed by atoms with E-state index in [-0.39, 0.29) is 11.7 Å². The van der Waals surface area contributed by atoms with Crippen LogP contribution < -0.4 is 0 Å². The number of hydrogen-bond donors (Lipinski definition) is 0. The van der Waals surface area contributed by atoms with Crippen LogP contribution in [0.4, 0.5) is 4.79 Å². The lowest BCUT2D eigenvalue weighted by atomic mass is 9.84. The average Bonchev–Trinajstić information content (AvgIpc) is 2.46. The van der Waals surface area contributed by atoms with Crippen molar-refractivity contribution >= 4 is 22.0 Å². The molecule has 22 heavy (non-hydrogen) atoms. The van der Waals surface area contributed by atoms with Crippen molar-refractivity contribution in [3.05, 3.63) is 34.3 Å². The third-order valence-corrected chi connectivity index (χ3v) is 4.51. The molecule has 0 spiro atoms. The van der Waals surface area contributed by atoms with Gasteiger partial charge in [0.1, 0.15) is 5.60 Å². The molecule has 1 saturated heterocycles. The molecule has 1 heterocycles. The summed E-state index contributed by atoms with van der Waals surface area (Å²) in [5.41, 5.74) is 0.375. The number of hydrogen-bond acceptors (Lipinski definition) is 3. The van der Waals surface area contributed by atoms with Crippen molar-refractivity contribution < 1.29 is 14.3 Å². The van der Waals surface area contributed by atoms with E-state index >= 15 is 0 Å². The number of rotatable bonds is 2. The fourth-order valence-electron chi connectivity index (χ4n) is 2.74. The Morgan fingerprint density at radius 2 is 1.73 bits per heavy atom. The predicted octanol–water partition coefficient (Wildman–Crippen LogP) is 4.32. The SMILES string of the molecule is COC1(c2ccc(Br)cc2)CCN(C(=O)OC(C)(C)C)CC1. The molecule has 1 aliphatic rings. The van der Waals surface area contributed by atoms with Crippen molar-refractivity contribution in [2.75, 3.05) is 20.2 Å². The summed E-state index contributed by atoms with van der Waals surface area (Å²) in [7, 11) is 1.74. The minimum absolute atomic E-state index is 0.243. The first-order valence-corrected chi connectivity index (χ1v) is 8.34. The van der Waals surface area contributed by atoms with Gasteiger partial charge in [-0.15, -0.1) is 0 Å². The molecule has 1 aromatic rings. The van der Waals surface area contributed by atoms with Crippen LogP contribution in [0.3, 0.4) is 0 Å². The quantitative estimate of drug-likeness (QED) is 0.778. The van der Waals surface area contributed by atoms with Gasteiger partial charge in [-0.3, -0.25) is 0 Å². The van der Waals surface area contributed by atoms with Gasteiger partial charge in [-0.25, -0.2) is 4.79 Å². The summed E-state index contributed by atoms with van der Waals surface area (Å²) in [5, 5.41) is 0. The summed E-state index contributed by atoms with van der Waals surface area (Å²) in [5.74, 6) is 0. The third kappa shape index (κ3) is 4.02. The van der Waals surface area contributed by atoms with Gasteiger partial charge in [0.25, 0.3) is 0 Å². The van der Waals surface area contributed by atoms with Crippen molar-refractivity contribution in [2.24, 2.45) is 0 Å². The first kappa shape index (κ1) is 17.3. The summed E-state index contributed by atoms with van der Waals surface area (Å²) in [6.45, 7) is 6.93. The smallest absolute Gasteiger partial charge is 0.410 e. The van der Waals surface area contributed by atoms with Gasteiger partial charge in [-0.1, -0.05) is 28.1 Å². The molecule has 1 aromatic carbocycles. The maximum Gasteiger partial charge on any atom is 0.410 e. The molecule has 0 N–H and O–H groups in total. The molecule has 1 fully saturated rings. The summed E-state index contributed by atoms with van der Waals surface area (Å²) in [6.07, 6.45) is 1.29. The Hall–Kier alpha value is -1.07. The van der Waals surface area contributed by atoms with E-state index in [4.69, 9.17) is 9.47 Å². The Bertz CT molecular complexity index is 514. The van der Waals surface area contributed by atoms with Gasteiger partial charge < -0.3 is 14.4 Å². The van der Waals surface area contributed by atoms with Gasteiger partial charge in [0.2, 0.25) is 0 Å². The summed E-state index contributed by atoms with van der Waals surface area (Å²) >= 11 is 3.46. The largest absolute Gasteiger partial charge is 0.444 e. The van der Waals surface area contributed by atoms with Crippen LogP contribution in [0.5, 0.6) is 0 Å². The number of carbonyl (C=O) groups excluding carboxylic acids is 1. The topological polar surface area (TPSA) is 38.8 Å². The molecule has 5 heteroatoms. The number of methoxy groups -OCH3 is 1. The molecular formula is C17H24BrNO3. The summed E-state index contributed by atoms with van der Waals surface area (Å²) < 4.78 is 12.3. The van der Waals surface area contributed by atoms with Crippen molar-refractivity contribution in [1.29, 1.82) is 0 Å². The molecule has 0 aromatic heterocycles. The van der Waals surface area contributed by atoms with Crippen molar-refractivity contribution in [1.82, 2.24) is 4.90 Å². The zero-order valence-corrected chi connectivity index (χ0v) is 15.3. The second kappa shape index (κ2) is 6.59. The second-order valence-corrected chi connectivity index (χ2v) is 7.59. The Labute approximate surface area is 140 Å². The minimum atomic E-state index is -0.460. The van der Waals surface area contributed by atoms with E-state index in [1.165, 1.54) is 0 Å². The molecule has 0 aliphatic carbocycles. The maximum atomic E-state index is 12.2. The van der Waals surface area contributed by atoms with Crippen molar-refractivity contribution in [3.8, 4) is 0 Å². The number of piperidine rings is 1. The summed E-state index contributed by atoms with van der Waals surface area (Å²) in [4.78, 5) is 13.9. The Morgan fingerprint density at radius 3 is 2.18 bits per heavy atom. The lowest BCUT2D eigenvalue weighted by Gasteiger charge is -2.41. The third-order valence-electron chi connectivity index (χ3n) is 3.98. The lowest BCUT2D eigenvalue weighted by molar-refractivity contribution is -0.0650. The molecule has 1 amide bonds. The van der Waals surface area contributed by atoms with Crippen LogP contribution in [0, 0.1) is 0 Å². The second-order valence-electron chi connectivity index (χ2n) is 6.67. The van der Waals surface area contributed by atoms with Crippen LogP contribution in [-0.4, -0.2) is 36.8 Å². The molecule has 0 bridgehead atoms. The number of likely N-dealkylation sites (tertiary alicyclic amines) is 1. The highest BCUT2D eigenvalue weighted by Crippen LogP contribution is 2.37. The fraction of sp³-hybridized carbons (Fsp3) is 0.588. The molecule has 2 rings (SSSR count). The zero-order valence-electron chi connectivity index (χ0n) is 13.7. The van der Waals surface area contributed by atoms with Gasteiger partial charge in [-0.2, -0.15) is 0 Å². The Morgan fingerprint density at radius 1 is 1.18 bits per heavy atom. The molecule has 4 nitrogen and oxygen atoms in total. The molecule has 0 radical (unpaired) electrons. The summed E-state index contributed by atoms with van der Waals surface area (Å²) in [6, 6.07) is 8.21. The highest BCUT2D eigenvalue weighted by molar-refractivity contribution is 9.10. The van der Waals surface area contributed by atoms with E-state index in [1.54, 1.807) is 12.0 Å². The van der Waals surface area contributed by atoms with Crippen LogP contribution in [0.25, 0.3) is 0 Å². The average molecular weight is 370 g/mol.